The molecule has 0 radical (unpaired) electrons. The number of rotatable bonds is 3. The fourth-order valence-electron chi connectivity index (χ4n) is 1.87. The Morgan fingerprint density at radius 2 is 2.31 bits per heavy atom. The second-order valence-corrected chi connectivity index (χ2v) is 3.80. The van der Waals surface area contributed by atoms with E-state index >= 15 is 0 Å². The maximum absolute atomic E-state index is 10.5. The fourth-order valence-corrected chi connectivity index (χ4v) is 1.87. The molecule has 0 saturated carbocycles. The Balaban J connectivity index is 2.53. The highest BCUT2D eigenvalue weighted by molar-refractivity contribution is 5.85. The van der Waals surface area contributed by atoms with E-state index in [2.05, 4.69) is 18.7 Å². The molecule has 1 fully saturated rings. The Morgan fingerprint density at radius 3 is 2.85 bits per heavy atom. The fraction of sp³-hybridized carbons (Fsp3) is 0.700. The van der Waals surface area contributed by atoms with Crippen molar-refractivity contribution in [1.29, 1.82) is 0 Å². The molecule has 1 heterocycles. The molecule has 0 bridgehead atoms. The van der Waals surface area contributed by atoms with Gasteiger partial charge in [-0.2, -0.15) is 0 Å². The maximum atomic E-state index is 10.5. The van der Waals surface area contributed by atoms with E-state index in [0.29, 0.717) is 12.1 Å². The lowest BCUT2D eigenvalue weighted by Crippen LogP contribution is -2.34. The largest absolute Gasteiger partial charge is 0.366 e. The zero-order valence-electron chi connectivity index (χ0n) is 8.36. The van der Waals surface area contributed by atoms with Crippen LogP contribution in [-0.4, -0.2) is 29.4 Å². The molecular formula is C10H18N2O. The molecule has 0 spiro atoms. The molecule has 0 aliphatic carbocycles. The Morgan fingerprint density at radius 1 is 1.62 bits per heavy atom. The van der Waals surface area contributed by atoms with Crippen LogP contribution in [0.5, 0.6) is 0 Å². The summed E-state index contributed by atoms with van der Waals surface area (Å²) in [7, 11) is 0. The number of carbonyl (C=O) groups excluding carboxylic acids is 1. The molecule has 1 unspecified atom stereocenters. The summed E-state index contributed by atoms with van der Waals surface area (Å²) in [6.07, 6.45) is 5.76. The third-order valence-electron chi connectivity index (χ3n) is 2.49. The van der Waals surface area contributed by atoms with Crippen LogP contribution in [0.15, 0.2) is 12.2 Å². The summed E-state index contributed by atoms with van der Waals surface area (Å²) in [4.78, 5) is 12.9. The van der Waals surface area contributed by atoms with Gasteiger partial charge in [-0.1, -0.05) is 6.08 Å². The van der Waals surface area contributed by atoms with Crippen molar-refractivity contribution in [3.8, 4) is 0 Å². The number of hydrogen-bond donors (Lipinski definition) is 1. The first kappa shape index (κ1) is 10.3. The lowest BCUT2D eigenvalue weighted by atomic mass is 10.2. The molecule has 74 valence electrons. The van der Waals surface area contributed by atoms with Crippen molar-refractivity contribution < 1.29 is 4.79 Å². The van der Waals surface area contributed by atoms with Crippen LogP contribution in [0.25, 0.3) is 0 Å². The van der Waals surface area contributed by atoms with E-state index in [9.17, 15) is 4.79 Å². The zero-order chi connectivity index (χ0) is 9.84. The van der Waals surface area contributed by atoms with Crippen molar-refractivity contribution in [2.45, 2.75) is 38.8 Å². The third kappa shape index (κ3) is 2.84. The summed E-state index contributed by atoms with van der Waals surface area (Å²) < 4.78 is 0. The number of nitrogens with two attached hydrogens (primary N) is 1. The summed E-state index contributed by atoms with van der Waals surface area (Å²) in [5.74, 6) is -0.351. The lowest BCUT2D eigenvalue weighted by Gasteiger charge is -2.25. The number of carbonyl (C=O) groups is 1. The monoisotopic (exact) mass is 182 g/mol. The quantitative estimate of drug-likeness (QED) is 0.659. The minimum atomic E-state index is -0.351. The average molecular weight is 182 g/mol. The minimum Gasteiger partial charge on any atom is -0.366 e. The van der Waals surface area contributed by atoms with Gasteiger partial charge in [-0.05, 0) is 33.2 Å². The molecule has 1 rings (SSSR count). The van der Waals surface area contributed by atoms with Gasteiger partial charge in [0.25, 0.3) is 0 Å². The molecule has 13 heavy (non-hydrogen) atoms. The number of likely N-dealkylation sites (tertiary alicyclic amines) is 1. The van der Waals surface area contributed by atoms with E-state index in [1.165, 1.54) is 12.5 Å². The van der Waals surface area contributed by atoms with E-state index in [-0.39, 0.29) is 5.91 Å². The van der Waals surface area contributed by atoms with Crippen molar-refractivity contribution in [1.82, 2.24) is 4.90 Å². The molecule has 1 amide bonds. The van der Waals surface area contributed by atoms with Crippen molar-refractivity contribution in [2.75, 3.05) is 6.54 Å². The van der Waals surface area contributed by atoms with Crippen molar-refractivity contribution in [3.63, 3.8) is 0 Å². The predicted molar refractivity (Wildman–Crippen MR) is 53.2 cm³/mol. The van der Waals surface area contributed by atoms with Gasteiger partial charge < -0.3 is 5.73 Å². The van der Waals surface area contributed by atoms with Gasteiger partial charge in [0.05, 0.1) is 0 Å². The van der Waals surface area contributed by atoms with Crippen LogP contribution in [0.2, 0.25) is 0 Å². The molecule has 3 nitrogen and oxygen atoms in total. The number of hydrogen-bond acceptors (Lipinski definition) is 2. The lowest BCUT2D eigenvalue weighted by molar-refractivity contribution is -0.113. The maximum Gasteiger partial charge on any atom is 0.241 e. The molecule has 0 aromatic carbocycles. The summed E-state index contributed by atoms with van der Waals surface area (Å²) >= 11 is 0. The predicted octanol–water partition coefficient (Wildman–Crippen LogP) is 0.901. The Bertz CT molecular complexity index is 211. The van der Waals surface area contributed by atoms with E-state index in [1.807, 2.05) is 6.08 Å². The smallest absolute Gasteiger partial charge is 0.241 e. The normalized spacial score (nSPS) is 24.7. The topological polar surface area (TPSA) is 46.3 Å². The molecule has 0 aromatic heterocycles. The van der Waals surface area contributed by atoms with Crippen molar-refractivity contribution >= 4 is 5.91 Å². The van der Waals surface area contributed by atoms with Gasteiger partial charge in [-0.3, -0.25) is 9.69 Å². The summed E-state index contributed by atoms with van der Waals surface area (Å²) in [5, 5.41) is 0. The first-order chi connectivity index (χ1) is 6.11. The van der Waals surface area contributed by atoms with Crippen LogP contribution < -0.4 is 5.73 Å². The van der Waals surface area contributed by atoms with Gasteiger partial charge in [-0.25, -0.2) is 0 Å². The molecule has 1 aliphatic heterocycles. The third-order valence-corrected chi connectivity index (χ3v) is 2.49. The van der Waals surface area contributed by atoms with Gasteiger partial charge in [0.1, 0.15) is 0 Å². The van der Waals surface area contributed by atoms with Gasteiger partial charge in [-0.15, -0.1) is 0 Å². The van der Waals surface area contributed by atoms with E-state index in [0.717, 1.165) is 13.0 Å². The van der Waals surface area contributed by atoms with Crippen LogP contribution in [0, 0.1) is 0 Å². The molecule has 1 aliphatic rings. The SMILES string of the molecule is CC(C)N1CCCC1C=CC(N)=O. The van der Waals surface area contributed by atoms with Crippen molar-refractivity contribution in [3.05, 3.63) is 12.2 Å². The van der Waals surface area contributed by atoms with Crippen LogP contribution in [0.1, 0.15) is 26.7 Å². The second kappa shape index (κ2) is 4.42. The van der Waals surface area contributed by atoms with Gasteiger partial charge in [0.15, 0.2) is 0 Å². The molecule has 1 saturated heterocycles. The van der Waals surface area contributed by atoms with E-state index in [1.54, 1.807) is 0 Å². The number of primary amides is 1. The van der Waals surface area contributed by atoms with Crippen LogP contribution in [0.3, 0.4) is 0 Å². The van der Waals surface area contributed by atoms with Crippen LogP contribution in [0.4, 0.5) is 0 Å². The van der Waals surface area contributed by atoms with E-state index < -0.39 is 0 Å². The van der Waals surface area contributed by atoms with Gasteiger partial charge >= 0.3 is 0 Å². The molecule has 1 atom stereocenters. The highest BCUT2D eigenvalue weighted by Gasteiger charge is 2.23. The average Bonchev–Trinajstić information content (AvgIpc) is 2.47. The first-order valence-electron chi connectivity index (χ1n) is 4.84. The van der Waals surface area contributed by atoms with Crippen LogP contribution in [-0.2, 0) is 4.79 Å². The van der Waals surface area contributed by atoms with Gasteiger partial charge in [0, 0.05) is 18.2 Å². The summed E-state index contributed by atoms with van der Waals surface area (Å²) in [5.41, 5.74) is 5.05. The highest BCUT2D eigenvalue weighted by Crippen LogP contribution is 2.20. The van der Waals surface area contributed by atoms with Crippen LogP contribution >= 0.6 is 0 Å². The molecule has 2 N–H and O–H groups in total. The standard InChI is InChI=1S/C10H18N2O/c1-8(2)12-7-3-4-9(12)5-6-10(11)13/h5-6,8-9H,3-4,7H2,1-2H3,(H2,11,13). The Labute approximate surface area is 79.6 Å². The van der Waals surface area contributed by atoms with E-state index in [4.69, 9.17) is 5.73 Å². The first-order valence-corrected chi connectivity index (χ1v) is 4.84. The molecule has 3 heteroatoms. The molecule has 0 aromatic rings. The second-order valence-electron chi connectivity index (χ2n) is 3.80. The molecular weight excluding hydrogens is 164 g/mol. The Kier molecular flexibility index (Phi) is 3.48. The minimum absolute atomic E-state index is 0.351. The van der Waals surface area contributed by atoms with Gasteiger partial charge in [0.2, 0.25) is 5.91 Å². The highest BCUT2D eigenvalue weighted by atomic mass is 16.1. The summed E-state index contributed by atoms with van der Waals surface area (Å²) in [6, 6.07) is 0.956. The Hall–Kier alpha value is -0.830. The number of nitrogens with zero attached hydrogens (tertiary/aromatic N) is 1. The summed E-state index contributed by atoms with van der Waals surface area (Å²) in [6.45, 7) is 5.48. The zero-order valence-corrected chi connectivity index (χ0v) is 8.36. The van der Waals surface area contributed by atoms with Crippen molar-refractivity contribution in [2.24, 2.45) is 5.73 Å². The number of amides is 1.